The summed E-state index contributed by atoms with van der Waals surface area (Å²) in [7, 11) is 0. The number of amides is 1. The Kier molecular flexibility index (Phi) is 3.87. The number of carbonyl (C=O) groups excluding carboxylic acids is 1. The summed E-state index contributed by atoms with van der Waals surface area (Å²) in [6.07, 6.45) is 0.0235. The predicted molar refractivity (Wildman–Crippen MR) is 63.3 cm³/mol. The van der Waals surface area contributed by atoms with Gasteiger partial charge in [-0.15, -0.1) is 10.2 Å². The van der Waals surface area contributed by atoms with E-state index in [1.807, 2.05) is 6.92 Å². The highest BCUT2D eigenvalue weighted by atomic mass is 32.1. The van der Waals surface area contributed by atoms with E-state index in [-0.39, 0.29) is 18.9 Å². The molecule has 0 radical (unpaired) electrons. The topological polar surface area (TPSA) is 92.6 Å². The van der Waals surface area contributed by atoms with E-state index in [1.165, 1.54) is 16.2 Å². The lowest BCUT2D eigenvalue weighted by atomic mass is 10.1. The van der Waals surface area contributed by atoms with Gasteiger partial charge in [0.2, 0.25) is 11.0 Å². The minimum Gasteiger partial charge on any atom is -0.481 e. The molecule has 0 bridgehead atoms. The van der Waals surface area contributed by atoms with Crippen LogP contribution in [0.25, 0.3) is 0 Å². The highest BCUT2D eigenvalue weighted by Crippen LogP contribution is 2.28. The minimum absolute atomic E-state index is 0.0235. The fraction of sp³-hybridized carbons (Fsp3) is 0.600. The summed E-state index contributed by atoms with van der Waals surface area (Å²) >= 11 is 1.25. The molecule has 7 nitrogen and oxygen atoms in total. The summed E-state index contributed by atoms with van der Waals surface area (Å²) in [4.78, 5) is 23.9. The largest absolute Gasteiger partial charge is 0.481 e. The third-order valence-corrected chi connectivity index (χ3v) is 3.51. The van der Waals surface area contributed by atoms with Gasteiger partial charge < -0.3 is 9.84 Å². The van der Waals surface area contributed by atoms with Crippen LogP contribution in [-0.2, 0) is 20.9 Å². The first-order valence-corrected chi connectivity index (χ1v) is 6.36. The number of carboxylic acid groups (broad SMARTS) is 1. The molecule has 0 saturated carbocycles. The van der Waals surface area contributed by atoms with Crippen LogP contribution in [0.1, 0.15) is 18.4 Å². The number of nitrogens with zero attached hydrogens (tertiary/aromatic N) is 3. The molecule has 1 aliphatic rings. The Bertz CT molecular complexity index is 462. The first kappa shape index (κ1) is 12.9. The van der Waals surface area contributed by atoms with Crippen molar-refractivity contribution in [2.75, 3.05) is 18.1 Å². The molecule has 1 N–H and O–H groups in total. The van der Waals surface area contributed by atoms with Gasteiger partial charge in [-0.1, -0.05) is 11.3 Å². The highest BCUT2D eigenvalue weighted by Gasteiger charge is 2.36. The molecule has 1 aromatic heterocycles. The zero-order valence-corrected chi connectivity index (χ0v) is 10.6. The monoisotopic (exact) mass is 271 g/mol. The van der Waals surface area contributed by atoms with Crippen molar-refractivity contribution >= 4 is 28.3 Å². The quantitative estimate of drug-likeness (QED) is 0.839. The van der Waals surface area contributed by atoms with Crippen LogP contribution in [0.2, 0.25) is 0 Å². The molecule has 1 aromatic rings. The molecule has 2 heterocycles. The average molecular weight is 271 g/mol. The normalized spacial score (nSPS) is 19.5. The van der Waals surface area contributed by atoms with Gasteiger partial charge in [-0.05, 0) is 6.92 Å². The van der Waals surface area contributed by atoms with Crippen LogP contribution in [0.5, 0.6) is 0 Å². The lowest BCUT2D eigenvalue weighted by molar-refractivity contribution is -0.141. The van der Waals surface area contributed by atoms with E-state index in [0.717, 1.165) is 0 Å². The van der Waals surface area contributed by atoms with Crippen LogP contribution in [0, 0.1) is 5.92 Å². The van der Waals surface area contributed by atoms with Crippen LogP contribution in [0.15, 0.2) is 0 Å². The second-order valence-corrected chi connectivity index (χ2v) is 4.90. The van der Waals surface area contributed by atoms with E-state index in [1.54, 1.807) is 0 Å². The molecule has 98 valence electrons. The summed E-state index contributed by atoms with van der Waals surface area (Å²) in [5, 5.41) is 17.8. The van der Waals surface area contributed by atoms with Gasteiger partial charge in [0.1, 0.15) is 11.6 Å². The van der Waals surface area contributed by atoms with Crippen LogP contribution < -0.4 is 4.90 Å². The van der Waals surface area contributed by atoms with Gasteiger partial charge in [0.05, 0.1) is 5.92 Å². The van der Waals surface area contributed by atoms with E-state index in [9.17, 15) is 9.59 Å². The van der Waals surface area contributed by atoms with Crippen molar-refractivity contribution in [3.8, 4) is 0 Å². The second-order valence-electron chi connectivity index (χ2n) is 3.86. The maximum Gasteiger partial charge on any atom is 0.308 e. The van der Waals surface area contributed by atoms with Crippen molar-refractivity contribution in [1.82, 2.24) is 10.2 Å². The Labute approximate surface area is 107 Å². The SMILES string of the molecule is CCOCc1nnc(N2C[C@@H](C(=O)O)CC2=O)s1. The fourth-order valence-electron chi connectivity index (χ4n) is 1.66. The van der Waals surface area contributed by atoms with Crippen molar-refractivity contribution in [1.29, 1.82) is 0 Å². The van der Waals surface area contributed by atoms with Crippen LogP contribution in [-0.4, -0.2) is 40.3 Å². The molecule has 0 aromatic carbocycles. The number of aromatic nitrogens is 2. The number of anilines is 1. The number of ether oxygens (including phenoxy) is 1. The Balaban J connectivity index is 2.05. The minimum atomic E-state index is -0.954. The first-order chi connectivity index (χ1) is 8.61. The van der Waals surface area contributed by atoms with E-state index >= 15 is 0 Å². The first-order valence-electron chi connectivity index (χ1n) is 5.55. The van der Waals surface area contributed by atoms with Gasteiger partial charge in [0.25, 0.3) is 0 Å². The zero-order valence-electron chi connectivity index (χ0n) is 9.83. The van der Waals surface area contributed by atoms with E-state index < -0.39 is 11.9 Å². The molecule has 1 aliphatic heterocycles. The van der Waals surface area contributed by atoms with E-state index in [4.69, 9.17) is 9.84 Å². The molecule has 1 atom stereocenters. The number of carbonyl (C=O) groups is 2. The number of hydrogen-bond donors (Lipinski definition) is 1. The Hall–Kier alpha value is -1.54. The Morgan fingerprint density at radius 2 is 2.39 bits per heavy atom. The molecule has 1 fully saturated rings. The maximum atomic E-state index is 11.7. The molecular weight excluding hydrogens is 258 g/mol. The number of rotatable bonds is 5. The summed E-state index contributed by atoms with van der Waals surface area (Å²) < 4.78 is 5.19. The van der Waals surface area contributed by atoms with Crippen LogP contribution in [0.4, 0.5) is 5.13 Å². The smallest absolute Gasteiger partial charge is 0.308 e. The third kappa shape index (κ3) is 2.65. The zero-order chi connectivity index (χ0) is 13.1. The van der Waals surface area contributed by atoms with Gasteiger partial charge in [0, 0.05) is 19.6 Å². The summed E-state index contributed by atoms with van der Waals surface area (Å²) in [5.74, 6) is -1.83. The highest BCUT2D eigenvalue weighted by molar-refractivity contribution is 7.15. The predicted octanol–water partition coefficient (Wildman–Crippen LogP) is 0.512. The van der Waals surface area contributed by atoms with E-state index in [2.05, 4.69) is 10.2 Å². The third-order valence-electron chi connectivity index (χ3n) is 2.59. The molecule has 1 saturated heterocycles. The van der Waals surface area contributed by atoms with Gasteiger partial charge in [0.15, 0.2) is 0 Å². The molecular formula is C10H13N3O4S. The lowest BCUT2D eigenvalue weighted by Crippen LogP contribution is -2.25. The van der Waals surface area contributed by atoms with Crippen LogP contribution >= 0.6 is 11.3 Å². The average Bonchev–Trinajstić information content (AvgIpc) is 2.92. The van der Waals surface area contributed by atoms with E-state index in [0.29, 0.717) is 23.4 Å². The van der Waals surface area contributed by atoms with Crippen molar-refractivity contribution in [3.63, 3.8) is 0 Å². The fourth-order valence-corrected chi connectivity index (χ4v) is 2.46. The molecule has 0 unspecified atom stereocenters. The number of aliphatic carboxylic acids is 1. The molecule has 8 heteroatoms. The summed E-state index contributed by atoms with van der Waals surface area (Å²) in [5.41, 5.74) is 0. The Morgan fingerprint density at radius 3 is 3.00 bits per heavy atom. The summed E-state index contributed by atoms with van der Waals surface area (Å²) in [6.45, 7) is 2.98. The van der Waals surface area contributed by atoms with Gasteiger partial charge in [-0.25, -0.2) is 0 Å². The van der Waals surface area contributed by atoms with Crippen molar-refractivity contribution in [2.45, 2.75) is 20.0 Å². The van der Waals surface area contributed by atoms with Crippen molar-refractivity contribution in [3.05, 3.63) is 5.01 Å². The number of carboxylic acids is 1. The lowest BCUT2D eigenvalue weighted by Gasteiger charge is -2.10. The molecule has 0 aliphatic carbocycles. The van der Waals surface area contributed by atoms with Gasteiger partial charge in [-0.2, -0.15) is 0 Å². The second kappa shape index (κ2) is 5.40. The van der Waals surface area contributed by atoms with Gasteiger partial charge in [-0.3, -0.25) is 14.5 Å². The molecule has 2 rings (SSSR count). The van der Waals surface area contributed by atoms with Crippen LogP contribution in [0.3, 0.4) is 0 Å². The molecule has 0 spiro atoms. The van der Waals surface area contributed by atoms with Gasteiger partial charge >= 0.3 is 5.97 Å². The van der Waals surface area contributed by atoms with Crippen molar-refractivity contribution < 1.29 is 19.4 Å². The summed E-state index contributed by atoms with van der Waals surface area (Å²) in [6, 6.07) is 0. The molecule has 1 amide bonds. The van der Waals surface area contributed by atoms with Crippen molar-refractivity contribution in [2.24, 2.45) is 5.92 Å². The standard InChI is InChI=1S/C10H13N3O4S/c1-2-17-5-7-11-12-10(18-7)13-4-6(9(15)16)3-8(13)14/h6H,2-5H2,1H3,(H,15,16)/t6-/m0/s1. The Morgan fingerprint density at radius 1 is 1.61 bits per heavy atom. The molecule has 18 heavy (non-hydrogen) atoms. The maximum absolute atomic E-state index is 11.7. The number of hydrogen-bond acceptors (Lipinski definition) is 6.